The summed E-state index contributed by atoms with van der Waals surface area (Å²) in [4.78, 5) is 102. The van der Waals surface area contributed by atoms with Crippen LogP contribution in [0.4, 0.5) is 0 Å². The summed E-state index contributed by atoms with van der Waals surface area (Å²) in [6, 6.07) is 2.30. The average Bonchev–Trinajstić information content (AvgIpc) is 3.83. The van der Waals surface area contributed by atoms with Crippen molar-refractivity contribution >= 4 is 52.1 Å². The number of amides is 6. The molecule has 6 amide bonds. The lowest BCUT2D eigenvalue weighted by Gasteiger charge is -2.31. The maximum atomic E-state index is 14.4. The summed E-state index contributed by atoms with van der Waals surface area (Å²) in [5, 5.41) is 15.5. The molecule has 2 fully saturated rings. The number of rotatable bonds is 12. The van der Waals surface area contributed by atoms with Gasteiger partial charge in [0, 0.05) is 54.9 Å². The second-order valence-corrected chi connectivity index (χ2v) is 18.5. The van der Waals surface area contributed by atoms with E-state index in [4.69, 9.17) is 0 Å². The molecule has 0 unspecified atom stereocenters. The third-order valence-corrected chi connectivity index (χ3v) is 11.7. The van der Waals surface area contributed by atoms with Crippen molar-refractivity contribution in [2.45, 2.75) is 169 Å². The lowest BCUT2D eigenvalue weighted by molar-refractivity contribution is -0.143. The fraction of sp³-hybridized carbons (Fsp3) is 0.674. The van der Waals surface area contributed by atoms with E-state index in [9.17, 15) is 33.6 Å². The highest BCUT2D eigenvalue weighted by molar-refractivity contribution is 5.97. The molecule has 4 rings (SSSR count). The number of nitrogens with zero attached hydrogens (tertiary/aromatic N) is 1. The maximum absolute atomic E-state index is 14.4. The maximum Gasteiger partial charge on any atom is 0.245 e. The molecule has 2 saturated heterocycles. The zero-order valence-corrected chi connectivity index (χ0v) is 37.2. The molecule has 2 aromatic rings. The number of hydrogen-bond donors (Lipinski definition) is 6. The first kappa shape index (κ1) is 47.9. The van der Waals surface area contributed by atoms with Crippen molar-refractivity contribution in [3.63, 3.8) is 0 Å². The van der Waals surface area contributed by atoms with E-state index in [1.54, 1.807) is 13.8 Å². The van der Waals surface area contributed by atoms with Crippen molar-refractivity contribution in [1.82, 2.24) is 36.5 Å². The molecule has 1 aromatic carbocycles. The first-order chi connectivity index (χ1) is 28.4. The first-order valence-corrected chi connectivity index (χ1v) is 22.3. The molecule has 0 radical (unpaired) electrons. The molecule has 14 nitrogen and oxygen atoms in total. The predicted molar refractivity (Wildman–Crippen MR) is 232 cm³/mol. The average molecular weight is 834 g/mol. The van der Waals surface area contributed by atoms with Crippen LogP contribution in [0, 0.1) is 23.7 Å². The Hall–Kier alpha value is -4.75. The molecule has 2 aliphatic rings. The minimum Gasteiger partial charge on any atom is -0.361 e. The molecule has 0 aliphatic carbocycles. The lowest BCUT2D eigenvalue weighted by atomic mass is 9.97. The summed E-state index contributed by atoms with van der Waals surface area (Å²) in [7, 11) is 0. The molecule has 7 atom stereocenters. The molecular formula is C46H71N7O7. The number of fused-ring (bicyclic) bond motifs is 2. The summed E-state index contributed by atoms with van der Waals surface area (Å²) in [6.45, 7) is 15.6. The van der Waals surface area contributed by atoms with Gasteiger partial charge in [0.25, 0.3) is 0 Å². The molecule has 6 N–H and O–H groups in total. The van der Waals surface area contributed by atoms with E-state index in [2.05, 4.69) is 45.4 Å². The Kier molecular flexibility index (Phi) is 18.2. The van der Waals surface area contributed by atoms with Crippen LogP contribution in [0.25, 0.3) is 10.9 Å². The van der Waals surface area contributed by atoms with Gasteiger partial charge in [-0.15, -0.1) is 0 Å². The fourth-order valence-corrected chi connectivity index (χ4v) is 8.31. The number of hydrogen-bond acceptors (Lipinski definition) is 7. The number of nitrogens with one attached hydrogen (secondary N) is 6. The van der Waals surface area contributed by atoms with Gasteiger partial charge in [-0.2, -0.15) is 0 Å². The van der Waals surface area contributed by atoms with Gasteiger partial charge in [-0.05, 0) is 68.4 Å². The quantitative estimate of drug-likeness (QED) is 0.165. The third-order valence-electron chi connectivity index (χ3n) is 11.7. The van der Waals surface area contributed by atoms with Crippen LogP contribution in [0.3, 0.4) is 0 Å². The smallest absolute Gasteiger partial charge is 0.245 e. The van der Waals surface area contributed by atoms with Gasteiger partial charge in [0.05, 0.1) is 6.04 Å². The summed E-state index contributed by atoms with van der Waals surface area (Å²) in [6.07, 6.45) is 7.48. The number of unbranched alkanes of at least 4 members (excludes halogenated alkanes) is 2. The van der Waals surface area contributed by atoms with Crippen LogP contribution < -0.4 is 26.6 Å². The Morgan fingerprint density at radius 1 is 0.683 bits per heavy atom. The Morgan fingerprint density at radius 3 is 2.03 bits per heavy atom. The summed E-state index contributed by atoms with van der Waals surface area (Å²) >= 11 is 0. The summed E-state index contributed by atoms with van der Waals surface area (Å²) in [5.74, 6) is -3.36. The van der Waals surface area contributed by atoms with E-state index in [1.165, 1.54) is 4.90 Å². The standard InChI is InChI=1S/C46H71N7O7/c1-27(2)15-10-9-11-16-33-25-41(55)48-31(8)40(54)23-30(7)42(56)52-38(22-29(5)6)46(60)53-20-14-19-39(53)45(59)51-36(21-28(3)4)44(58)50-37(43(57)49-33)24-32-26-47-35-18-13-12-17-34(32)35/h12-13,17-18,26-31,33,36-39,47H,9-11,14-16,19-25H2,1-8H3,(H,48,55)(H,49,57)(H,50,58)(H,51,59)(H,52,56)/t30-,31+,33-,36+,37-,38+,39-/m0/s1. The molecule has 2 aliphatic heterocycles. The van der Waals surface area contributed by atoms with Crippen molar-refractivity contribution in [1.29, 1.82) is 0 Å². The summed E-state index contributed by atoms with van der Waals surface area (Å²) < 4.78 is 0. The lowest BCUT2D eigenvalue weighted by Crippen LogP contribution is -2.59. The number of carbonyl (C=O) groups is 7. The van der Waals surface area contributed by atoms with E-state index in [0.717, 1.165) is 42.1 Å². The molecule has 3 heterocycles. The SMILES string of the molecule is CC(C)CCCCC[C@H]1CC(=O)N[C@H](C)C(=O)C[C@H](C)C(=O)N[C@H](CC(C)C)C(=O)N2CCC[C@H]2C(=O)N[C@H](CC(C)C)C(=O)N[C@@H](Cc2c[nH]c3ccccc23)C(=O)N1. The highest BCUT2D eigenvalue weighted by Crippen LogP contribution is 2.23. The number of aromatic amines is 1. The van der Waals surface area contributed by atoms with Gasteiger partial charge in [0.1, 0.15) is 24.2 Å². The predicted octanol–water partition coefficient (Wildman–Crippen LogP) is 4.84. The molecule has 0 saturated carbocycles. The largest absolute Gasteiger partial charge is 0.361 e. The number of Topliss-reactive ketones (excluding diaryl/α,β-unsaturated/α-hetero) is 1. The topological polar surface area (TPSA) is 199 Å². The number of para-hydroxylation sites is 1. The Balaban J connectivity index is 1.71. The number of benzene rings is 1. The number of H-pyrrole nitrogens is 1. The van der Waals surface area contributed by atoms with Gasteiger partial charge in [-0.25, -0.2) is 0 Å². The van der Waals surface area contributed by atoms with Crippen LogP contribution in [-0.4, -0.2) is 93.9 Å². The van der Waals surface area contributed by atoms with Crippen LogP contribution >= 0.6 is 0 Å². The third kappa shape index (κ3) is 14.2. The van der Waals surface area contributed by atoms with Crippen molar-refractivity contribution in [2.75, 3.05) is 6.54 Å². The van der Waals surface area contributed by atoms with Crippen molar-refractivity contribution in [3.05, 3.63) is 36.0 Å². The van der Waals surface area contributed by atoms with Gasteiger partial charge in [-0.1, -0.05) is 92.3 Å². The number of aromatic nitrogens is 1. The monoisotopic (exact) mass is 834 g/mol. The van der Waals surface area contributed by atoms with Crippen molar-refractivity contribution in [3.8, 4) is 0 Å². The molecule has 0 bridgehead atoms. The van der Waals surface area contributed by atoms with Crippen molar-refractivity contribution < 1.29 is 33.6 Å². The van der Waals surface area contributed by atoms with E-state index < -0.39 is 77.6 Å². The van der Waals surface area contributed by atoms with Gasteiger partial charge in [-0.3, -0.25) is 33.6 Å². The second kappa shape index (κ2) is 22.7. The normalized spacial score (nSPS) is 26.0. The zero-order chi connectivity index (χ0) is 44.1. The molecule has 60 heavy (non-hydrogen) atoms. The van der Waals surface area contributed by atoms with E-state index in [1.807, 2.05) is 58.2 Å². The van der Waals surface area contributed by atoms with Crippen LogP contribution in [-0.2, 0) is 40.0 Å². The van der Waals surface area contributed by atoms with Crippen LogP contribution in [0.15, 0.2) is 30.5 Å². The van der Waals surface area contributed by atoms with Crippen molar-refractivity contribution in [2.24, 2.45) is 23.7 Å². The summed E-state index contributed by atoms with van der Waals surface area (Å²) in [5.41, 5.74) is 1.69. The van der Waals surface area contributed by atoms with Crippen LogP contribution in [0.5, 0.6) is 0 Å². The molecule has 14 heteroatoms. The molecular weight excluding hydrogens is 763 g/mol. The molecule has 0 spiro atoms. The van der Waals surface area contributed by atoms with Crippen LogP contribution in [0.1, 0.15) is 132 Å². The van der Waals surface area contributed by atoms with Gasteiger partial charge in [0.15, 0.2) is 5.78 Å². The van der Waals surface area contributed by atoms with E-state index in [0.29, 0.717) is 38.1 Å². The second-order valence-electron chi connectivity index (χ2n) is 18.5. The first-order valence-electron chi connectivity index (χ1n) is 22.3. The Labute approximate surface area is 356 Å². The van der Waals surface area contributed by atoms with Gasteiger partial charge >= 0.3 is 0 Å². The molecule has 332 valence electrons. The molecule has 1 aromatic heterocycles. The highest BCUT2D eigenvalue weighted by atomic mass is 16.2. The van der Waals surface area contributed by atoms with E-state index in [-0.39, 0.29) is 43.3 Å². The van der Waals surface area contributed by atoms with Gasteiger partial charge < -0.3 is 36.5 Å². The minimum atomic E-state index is -1.07. The Morgan fingerprint density at radius 2 is 1.33 bits per heavy atom. The zero-order valence-electron chi connectivity index (χ0n) is 37.2. The fourth-order valence-electron chi connectivity index (χ4n) is 8.31. The highest BCUT2D eigenvalue weighted by Gasteiger charge is 2.40. The van der Waals surface area contributed by atoms with Gasteiger partial charge in [0.2, 0.25) is 35.4 Å². The van der Waals surface area contributed by atoms with E-state index >= 15 is 0 Å². The van der Waals surface area contributed by atoms with Crippen LogP contribution in [0.2, 0.25) is 0 Å². The number of ketones is 1. The Bertz CT molecular complexity index is 1810. The minimum absolute atomic E-state index is 0.0118. The number of carbonyl (C=O) groups excluding carboxylic acids is 7.